The molecule has 1 amide bonds. The highest BCUT2D eigenvalue weighted by atomic mass is 32.2. The first-order valence-electron chi connectivity index (χ1n) is 10.0. The number of aryl methyl sites for hydroxylation is 1. The van der Waals surface area contributed by atoms with Crippen LogP contribution in [0, 0.1) is 6.92 Å². The summed E-state index contributed by atoms with van der Waals surface area (Å²) < 4.78 is 33.7. The van der Waals surface area contributed by atoms with Crippen LogP contribution in [0.15, 0.2) is 77.7 Å². The maximum absolute atomic E-state index is 12.9. The molecule has 0 aliphatic rings. The van der Waals surface area contributed by atoms with Crippen LogP contribution in [0.25, 0.3) is 0 Å². The SMILES string of the molecule is CCOc1ccc(C(C)NC(=O)c2ccc(C)c(S(=O)(=O)Nc3ccccc3)c2)cc1. The molecule has 1 unspecified atom stereocenters. The van der Waals surface area contributed by atoms with Crippen molar-refractivity contribution >= 4 is 21.6 Å². The highest BCUT2D eigenvalue weighted by Gasteiger charge is 2.20. The van der Waals surface area contributed by atoms with Gasteiger partial charge >= 0.3 is 0 Å². The first-order chi connectivity index (χ1) is 14.8. The molecule has 2 N–H and O–H groups in total. The molecule has 3 aromatic carbocycles. The number of rotatable bonds is 8. The molecule has 0 aromatic heterocycles. The second-order valence-electron chi connectivity index (χ2n) is 7.15. The van der Waals surface area contributed by atoms with Gasteiger partial charge in [0.1, 0.15) is 5.75 Å². The average molecular weight is 439 g/mol. The Bertz CT molecular complexity index is 1140. The normalized spacial score (nSPS) is 12.1. The average Bonchev–Trinajstić information content (AvgIpc) is 2.75. The lowest BCUT2D eigenvalue weighted by Gasteiger charge is -2.16. The monoisotopic (exact) mass is 438 g/mol. The number of ether oxygens (including phenoxy) is 1. The molecule has 7 heteroatoms. The Balaban J connectivity index is 1.77. The Morgan fingerprint density at radius 3 is 2.32 bits per heavy atom. The van der Waals surface area contributed by atoms with Gasteiger partial charge in [0.15, 0.2) is 0 Å². The zero-order chi connectivity index (χ0) is 22.4. The summed E-state index contributed by atoms with van der Waals surface area (Å²) in [6.45, 7) is 6.08. The largest absolute Gasteiger partial charge is 0.494 e. The molecule has 0 aliphatic carbocycles. The van der Waals surface area contributed by atoms with E-state index in [1.807, 2.05) is 38.1 Å². The van der Waals surface area contributed by atoms with Gasteiger partial charge in [-0.15, -0.1) is 0 Å². The molecule has 3 rings (SSSR count). The highest BCUT2D eigenvalue weighted by molar-refractivity contribution is 7.92. The second-order valence-corrected chi connectivity index (χ2v) is 8.80. The predicted octanol–water partition coefficient (Wildman–Crippen LogP) is 4.69. The van der Waals surface area contributed by atoms with Crippen molar-refractivity contribution in [1.82, 2.24) is 5.32 Å². The van der Waals surface area contributed by atoms with Gasteiger partial charge in [0.2, 0.25) is 0 Å². The first kappa shape index (κ1) is 22.4. The number of carbonyl (C=O) groups is 1. The number of hydrogen-bond acceptors (Lipinski definition) is 4. The van der Waals surface area contributed by atoms with Gasteiger partial charge in [0.05, 0.1) is 17.5 Å². The van der Waals surface area contributed by atoms with Crippen LogP contribution in [-0.2, 0) is 10.0 Å². The van der Waals surface area contributed by atoms with Crippen LogP contribution in [0.4, 0.5) is 5.69 Å². The lowest BCUT2D eigenvalue weighted by Crippen LogP contribution is -2.27. The van der Waals surface area contributed by atoms with Crippen molar-refractivity contribution in [3.8, 4) is 5.75 Å². The molecule has 0 radical (unpaired) electrons. The third kappa shape index (κ3) is 5.64. The minimum absolute atomic E-state index is 0.0673. The van der Waals surface area contributed by atoms with Crippen molar-refractivity contribution in [3.05, 3.63) is 89.5 Å². The molecule has 6 nitrogen and oxygen atoms in total. The summed E-state index contributed by atoms with van der Waals surface area (Å²) >= 11 is 0. The highest BCUT2D eigenvalue weighted by Crippen LogP contribution is 2.22. The van der Waals surface area contributed by atoms with E-state index in [4.69, 9.17) is 4.74 Å². The summed E-state index contributed by atoms with van der Waals surface area (Å²) in [5, 5.41) is 2.92. The third-order valence-electron chi connectivity index (χ3n) is 4.80. The van der Waals surface area contributed by atoms with E-state index in [0.717, 1.165) is 11.3 Å². The molecule has 0 bridgehead atoms. The molecule has 3 aromatic rings. The summed E-state index contributed by atoms with van der Waals surface area (Å²) in [6, 6.07) is 20.5. The zero-order valence-corrected chi connectivity index (χ0v) is 18.6. The minimum atomic E-state index is -3.83. The van der Waals surface area contributed by atoms with Gasteiger partial charge in [-0.1, -0.05) is 36.4 Å². The maximum Gasteiger partial charge on any atom is 0.262 e. The molecule has 0 heterocycles. The number of para-hydroxylation sites is 1. The maximum atomic E-state index is 12.9. The van der Waals surface area contributed by atoms with Crippen molar-refractivity contribution in [1.29, 1.82) is 0 Å². The molecule has 0 saturated heterocycles. The van der Waals surface area contributed by atoms with Crippen LogP contribution in [0.1, 0.15) is 41.4 Å². The topological polar surface area (TPSA) is 84.5 Å². The van der Waals surface area contributed by atoms with Gasteiger partial charge in [0.25, 0.3) is 15.9 Å². The van der Waals surface area contributed by atoms with E-state index in [2.05, 4.69) is 10.0 Å². The summed E-state index contributed by atoms with van der Waals surface area (Å²) in [6.07, 6.45) is 0. The summed E-state index contributed by atoms with van der Waals surface area (Å²) in [7, 11) is -3.83. The summed E-state index contributed by atoms with van der Waals surface area (Å²) in [5.41, 5.74) is 2.21. The quantitative estimate of drug-likeness (QED) is 0.535. The van der Waals surface area contributed by atoms with Crippen molar-refractivity contribution in [2.75, 3.05) is 11.3 Å². The van der Waals surface area contributed by atoms with Gasteiger partial charge in [-0.05, 0) is 68.3 Å². The number of carbonyl (C=O) groups excluding carboxylic acids is 1. The molecule has 0 spiro atoms. The Hall–Kier alpha value is -3.32. The van der Waals surface area contributed by atoms with Crippen molar-refractivity contribution < 1.29 is 17.9 Å². The van der Waals surface area contributed by atoms with Crippen LogP contribution >= 0.6 is 0 Å². The summed E-state index contributed by atoms with van der Waals surface area (Å²) in [5.74, 6) is 0.418. The molecule has 0 aliphatic heterocycles. The summed E-state index contributed by atoms with van der Waals surface area (Å²) in [4.78, 5) is 12.9. The first-order valence-corrected chi connectivity index (χ1v) is 11.5. The van der Waals surface area contributed by atoms with Crippen LogP contribution in [-0.4, -0.2) is 20.9 Å². The molecular formula is C24H26N2O4S. The van der Waals surface area contributed by atoms with Crippen molar-refractivity contribution in [2.45, 2.75) is 31.7 Å². The van der Waals surface area contributed by atoms with Crippen molar-refractivity contribution in [2.24, 2.45) is 0 Å². The third-order valence-corrected chi connectivity index (χ3v) is 6.33. The fourth-order valence-corrected chi connectivity index (χ4v) is 4.46. The number of anilines is 1. The lowest BCUT2D eigenvalue weighted by atomic mass is 10.1. The van der Waals surface area contributed by atoms with E-state index in [1.54, 1.807) is 49.4 Å². The number of hydrogen-bond donors (Lipinski definition) is 2. The molecule has 31 heavy (non-hydrogen) atoms. The number of nitrogens with one attached hydrogen (secondary N) is 2. The van der Waals surface area contributed by atoms with E-state index in [0.29, 0.717) is 17.9 Å². The fourth-order valence-electron chi connectivity index (χ4n) is 3.13. The van der Waals surface area contributed by atoms with Crippen LogP contribution < -0.4 is 14.8 Å². The standard InChI is InChI=1S/C24H26N2O4S/c1-4-30-22-14-12-19(13-15-22)18(3)25-24(27)20-11-10-17(2)23(16-20)31(28,29)26-21-8-6-5-7-9-21/h5-16,18,26H,4H2,1-3H3,(H,25,27). The van der Waals surface area contributed by atoms with Gasteiger partial charge < -0.3 is 10.1 Å². The van der Waals surface area contributed by atoms with E-state index >= 15 is 0 Å². The second kappa shape index (κ2) is 9.66. The lowest BCUT2D eigenvalue weighted by molar-refractivity contribution is 0.0939. The Labute approximate surface area is 183 Å². The van der Waals surface area contributed by atoms with Gasteiger partial charge in [-0.3, -0.25) is 9.52 Å². The van der Waals surface area contributed by atoms with Crippen molar-refractivity contribution in [3.63, 3.8) is 0 Å². The molecular weight excluding hydrogens is 412 g/mol. The Kier molecular flexibility index (Phi) is 6.97. The van der Waals surface area contributed by atoms with Gasteiger partial charge in [-0.25, -0.2) is 8.42 Å². The Morgan fingerprint density at radius 1 is 1.00 bits per heavy atom. The number of sulfonamides is 1. The van der Waals surface area contributed by atoms with E-state index < -0.39 is 10.0 Å². The van der Waals surface area contributed by atoms with Crippen LogP contribution in [0.5, 0.6) is 5.75 Å². The predicted molar refractivity (Wildman–Crippen MR) is 122 cm³/mol. The van der Waals surface area contributed by atoms with E-state index in [1.165, 1.54) is 6.07 Å². The Morgan fingerprint density at radius 2 is 1.68 bits per heavy atom. The molecule has 0 saturated carbocycles. The molecule has 162 valence electrons. The van der Waals surface area contributed by atoms with Gasteiger partial charge in [0, 0.05) is 11.3 Å². The zero-order valence-electron chi connectivity index (χ0n) is 17.8. The number of amides is 1. The minimum Gasteiger partial charge on any atom is -0.494 e. The smallest absolute Gasteiger partial charge is 0.262 e. The molecule has 1 atom stereocenters. The number of benzene rings is 3. The van der Waals surface area contributed by atoms with E-state index in [-0.39, 0.29) is 22.4 Å². The van der Waals surface area contributed by atoms with Crippen LogP contribution in [0.3, 0.4) is 0 Å². The fraction of sp³-hybridized carbons (Fsp3) is 0.208. The van der Waals surface area contributed by atoms with Crippen LogP contribution in [0.2, 0.25) is 0 Å². The van der Waals surface area contributed by atoms with E-state index in [9.17, 15) is 13.2 Å². The molecule has 0 fully saturated rings. The van der Waals surface area contributed by atoms with Gasteiger partial charge in [-0.2, -0.15) is 0 Å².